The highest BCUT2D eigenvalue weighted by Crippen LogP contribution is 1.90. The van der Waals surface area contributed by atoms with E-state index in [-0.39, 0.29) is 25.3 Å². The molecule has 0 aromatic rings. The molecule has 0 aliphatic carbocycles. The van der Waals surface area contributed by atoms with Gasteiger partial charge in [-0.25, -0.2) is 0 Å². The third kappa shape index (κ3) is 1.91. The van der Waals surface area contributed by atoms with Crippen molar-refractivity contribution in [3.63, 3.8) is 0 Å². The molecule has 1 aliphatic rings. The van der Waals surface area contributed by atoms with Crippen LogP contribution in [0.1, 0.15) is 0 Å². The molecule has 4 N–H and O–H groups in total. The van der Waals surface area contributed by atoms with Gasteiger partial charge in [-0.15, -0.1) is 0 Å². The molecule has 1 fully saturated rings. The molecule has 1 rings (SSSR count). The summed E-state index contributed by atoms with van der Waals surface area (Å²) in [6.07, 6.45) is 0. The van der Waals surface area contributed by atoms with Crippen molar-refractivity contribution in [2.45, 2.75) is 12.1 Å². The molecule has 1 aliphatic heterocycles. The molecule has 2 unspecified atom stereocenters. The third-order valence-corrected chi connectivity index (χ3v) is 1.75. The molecule has 0 bridgehead atoms. The summed E-state index contributed by atoms with van der Waals surface area (Å²) in [4.78, 5) is 0. The van der Waals surface area contributed by atoms with E-state index >= 15 is 0 Å². The number of aliphatic hydroxyl groups is 2. The smallest absolute Gasteiger partial charge is 0.0597 e. The Kier molecular flexibility index (Phi) is 3.08. The van der Waals surface area contributed by atoms with Crippen LogP contribution in [0.2, 0.25) is 0 Å². The molecule has 0 saturated carbocycles. The minimum absolute atomic E-state index is 0.155. The van der Waals surface area contributed by atoms with Crippen molar-refractivity contribution >= 4 is 0 Å². The van der Waals surface area contributed by atoms with Crippen LogP contribution in [0.25, 0.3) is 0 Å². The van der Waals surface area contributed by atoms with Gasteiger partial charge in [0.15, 0.2) is 0 Å². The van der Waals surface area contributed by atoms with Crippen molar-refractivity contribution in [1.29, 1.82) is 0 Å². The lowest BCUT2D eigenvalue weighted by Crippen LogP contribution is -2.56. The van der Waals surface area contributed by atoms with E-state index in [2.05, 4.69) is 10.6 Å². The van der Waals surface area contributed by atoms with Crippen LogP contribution in [0, 0.1) is 0 Å². The van der Waals surface area contributed by atoms with E-state index in [1.807, 2.05) is 0 Å². The minimum atomic E-state index is 0.155. The fourth-order valence-electron chi connectivity index (χ4n) is 1.02. The summed E-state index contributed by atoms with van der Waals surface area (Å²) < 4.78 is 0. The number of nitrogens with one attached hydrogen (secondary N) is 2. The van der Waals surface area contributed by atoms with Gasteiger partial charge < -0.3 is 20.8 Å². The van der Waals surface area contributed by atoms with Gasteiger partial charge in [-0.05, 0) is 0 Å². The molecule has 2 atom stereocenters. The number of rotatable bonds is 2. The van der Waals surface area contributed by atoms with Crippen molar-refractivity contribution in [3.05, 3.63) is 0 Å². The maximum absolute atomic E-state index is 8.68. The molecule has 60 valence electrons. The Balaban J connectivity index is 2.17. The first-order valence-corrected chi connectivity index (χ1v) is 3.55. The molecular formula is C6H14N2O2. The van der Waals surface area contributed by atoms with Gasteiger partial charge in [0.05, 0.1) is 13.2 Å². The maximum atomic E-state index is 8.68. The Labute approximate surface area is 60.2 Å². The summed E-state index contributed by atoms with van der Waals surface area (Å²) in [5.74, 6) is 0. The zero-order chi connectivity index (χ0) is 7.40. The highest BCUT2D eigenvalue weighted by molar-refractivity contribution is 4.81. The van der Waals surface area contributed by atoms with Crippen LogP contribution in [0.4, 0.5) is 0 Å². The summed E-state index contributed by atoms with van der Waals surface area (Å²) >= 11 is 0. The average Bonchev–Trinajstić information content (AvgIpc) is 2.05. The van der Waals surface area contributed by atoms with Crippen LogP contribution in [0.5, 0.6) is 0 Å². The normalized spacial score (nSPS) is 34.2. The lowest BCUT2D eigenvalue weighted by atomic mass is 10.2. The van der Waals surface area contributed by atoms with Crippen LogP contribution in [0.3, 0.4) is 0 Å². The topological polar surface area (TPSA) is 64.5 Å². The Morgan fingerprint density at radius 2 is 1.40 bits per heavy atom. The number of hydrogen-bond donors (Lipinski definition) is 4. The monoisotopic (exact) mass is 146 g/mol. The van der Waals surface area contributed by atoms with E-state index in [1.165, 1.54) is 0 Å². The lowest BCUT2D eigenvalue weighted by molar-refractivity contribution is 0.177. The first kappa shape index (κ1) is 7.94. The maximum Gasteiger partial charge on any atom is 0.0597 e. The molecule has 4 heteroatoms. The van der Waals surface area contributed by atoms with Gasteiger partial charge in [-0.2, -0.15) is 0 Å². The van der Waals surface area contributed by atoms with E-state index in [0.717, 1.165) is 13.1 Å². The summed E-state index contributed by atoms with van der Waals surface area (Å²) in [6, 6.07) is 0.311. The van der Waals surface area contributed by atoms with Gasteiger partial charge >= 0.3 is 0 Å². The fraction of sp³-hybridized carbons (Fsp3) is 1.00. The fourth-order valence-corrected chi connectivity index (χ4v) is 1.02. The first-order chi connectivity index (χ1) is 4.86. The van der Waals surface area contributed by atoms with Crippen molar-refractivity contribution < 1.29 is 10.2 Å². The Morgan fingerprint density at radius 3 is 1.60 bits per heavy atom. The highest BCUT2D eigenvalue weighted by Gasteiger charge is 2.17. The molecule has 0 aromatic carbocycles. The largest absolute Gasteiger partial charge is 0.395 e. The van der Waals surface area contributed by atoms with E-state index in [0.29, 0.717) is 0 Å². The standard InChI is InChI=1S/C6H14N2O2/c9-3-5-1-7-6(4-10)2-8-5/h5-10H,1-4H2. The SMILES string of the molecule is OCC1CNC(CO)CN1. The first-order valence-electron chi connectivity index (χ1n) is 3.55. The summed E-state index contributed by atoms with van der Waals surface area (Å²) in [5, 5.41) is 23.6. The predicted octanol–water partition coefficient (Wildman–Crippen LogP) is -2.10. The molecule has 0 radical (unpaired) electrons. The van der Waals surface area contributed by atoms with Gasteiger partial charge in [0.1, 0.15) is 0 Å². The molecule has 0 spiro atoms. The predicted molar refractivity (Wildman–Crippen MR) is 37.8 cm³/mol. The second-order valence-corrected chi connectivity index (χ2v) is 2.58. The summed E-state index contributed by atoms with van der Waals surface area (Å²) in [7, 11) is 0. The molecule has 1 heterocycles. The molecular weight excluding hydrogens is 132 g/mol. The minimum Gasteiger partial charge on any atom is -0.395 e. The Hall–Kier alpha value is -0.160. The van der Waals surface area contributed by atoms with Crippen LogP contribution in [0.15, 0.2) is 0 Å². The van der Waals surface area contributed by atoms with Gasteiger partial charge in [0.2, 0.25) is 0 Å². The molecule has 0 aromatic heterocycles. The highest BCUT2D eigenvalue weighted by atomic mass is 16.3. The number of aliphatic hydroxyl groups excluding tert-OH is 2. The van der Waals surface area contributed by atoms with E-state index in [1.54, 1.807) is 0 Å². The zero-order valence-electron chi connectivity index (χ0n) is 5.88. The van der Waals surface area contributed by atoms with Crippen LogP contribution in [-0.4, -0.2) is 48.6 Å². The number of hydrogen-bond acceptors (Lipinski definition) is 4. The van der Waals surface area contributed by atoms with Gasteiger partial charge in [-0.1, -0.05) is 0 Å². The van der Waals surface area contributed by atoms with E-state index in [4.69, 9.17) is 10.2 Å². The molecule has 4 nitrogen and oxygen atoms in total. The van der Waals surface area contributed by atoms with Crippen molar-refractivity contribution in [1.82, 2.24) is 10.6 Å². The van der Waals surface area contributed by atoms with Crippen LogP contribution < -0.4 is 10.6 Å². The van der Waals surface area contributed by atoms with Crippen molar-refractivity contribution in [2.75, 3.05) is 26.3 Å². The molecule has 1 saturated heterocycles. The summed E-state index contributed by atoms with van der Waals surface area (Å²) in [5.41, 5.74) is 0. The molecule has 0 amide bonds. The average molecular weight is 146 g/mol. The van der Waals surface area contributed by atoms with Crippen LogP contribution >= 0.6 is 0 Å². The Morgan fingerprint density at radius 1 is 1.00 bits per heavy atom. The lowest BCUT2D eigenvalue weighted by Gasteiger charge is -2.28. The van der Waals surface area contributed by atoms with Crippen molar-refractivity contribution in [3.8, 4) is 0 Å². The second kappa shape index (κ2) is 3.88. The van der Waals surface area contributed by atoms with E-state index < -0.39 is 0 Å². The quantitative estimate of drug-likeness (QED) is 0.360. The summed E-state index contributed by atoms with van der Waals surface area (Å²) in [6.45, 7) is 1.79. The second-order valence-electron chi connectivity index (χ2n) is 2.58. The van der Waals surface area contributed by atoms with E-state index in [9.17, 15) is 0 Å². The van der Waals surface area contributed by atoms with Gasteiger partial charge in [-0.3, -0.25) is 0 Å². The van der Waals surface area contributed by atoms with Crippen molar-refractivity contribution in [2.24, 2.45) is 0 Å². The van der Waals surface area contributed by atoms with Gasteiger partial charge in [0.25, 0.3) is 0 Å². The zero-order valence-corrected chi connectivity index (χ0v) is 5.88. The molecule has 10 heavy (non-hydrogen) atoms. The van der Waals surface area contributed by atoms with Crippen LogP contribution in [-0.2, 0) is 0 Å². The van der Waals surface area contributed by atoms with Gasteiger partial charge in [0, 0.05) is 25.2 Å². The number of piperazine rings is 1. The Bertz CT molecular complexity index is 79.7. The third-order valence-electron chi connectivity index (χ3n) is 1.75.